The standard InChI is InChI=1S/C14H27N3O/c1-5-10-16-14(18)11(2)17(4)13-8-6-12(15-3)7-9-13/h5,11-13,15H,1,6-10H2,2-4H3,(H,16,18). The van der Waals surface area contributed by atoms with E-state index in [1.54, 1.807) is 6.08 Å². The average Bonchev–Trinajstić information content (AvgIpc) is 2.43. The third-order valence-electron chi connectivity index (χ3n) is 4.09. The Bertz CT molecular complexity index is 272. The van der Waals surface area contributed by atoms with Gasteiger partial charge in [0.05, 0.1) is 6.04 Å². The van der Waals surface area contributed by atoms with Crippen LogP contribution >= 0.6 is 0 Å². The van der Waals surface area contributed by atoms with Crippen molar-refractivity contribution in [3.63, 3.8) is 0 Å². The fourth-order valence-electron chi connectivity index (χ4n) is 2.59. The van der Waals surface area contributed by atoms with Gasteiger partial charge in [-0.15, -0.1) is 6.58 Å². The SMILES string of the molecule is C=CCNC(=O)C(C)N(C)C1CCC(NC)CC1. The number of nitrogens with one attached hydrogen (secondary N) is 2. The molecule has 18 heavy (non-hydrogen) atoms. The number of rotatable bonds is 6. The van der Waals surface area contributed by atoms with E-state index in [-0.39, 0.29) is 11.9 Å². The predicted molar refractivity (Wildman–Crippen MR) is 75.5 cm³/mol. The summed E-state index contributed by atoms with van der Waals surface area (Å²) in [6.07, 6.45) is 6.45. The molecule has 104 valence electrons. The predicted octanol–water partition coefficient (Wildman–Crippen LogP) is 1.14. The Morgan fingerprint density at radius 2 is 2.06 bits per heavy atom. The van der Waals surface area contributed by atoms with Gasteiger partial charge >= 0.3 is 0 Å². The van der Waals surface area contributed by atoms with Crippen molar-refractivity contribution in [3.8, 4) is 0 Å². The number of hydrogen-bond donors (Lipinski definition) is 2. The Morgan fingerprint density at radius 1 is 1.44 bits per heavy atom. The molecule has 0 aromatic rings. The molecule has 0 saturated heterocycles. The summed E-state index contributed by atoms with van der Waals surface area (Å²) in [6.45, 7) is 6.13. The van der Waals surface area contributed by atoms with Crippen molar-refractivity contribution in [2.75, 3.05) is 20.6 Å². The molecule has 4 nitrogen and oxygen atoms in total. The molecule has 1 unspecified atom stereocenters. The summed E-state index contributed by atoms with van der Waals surface area (Å²) in [7, 11) is 4.09. The van der Waals surface area contributed by atoms with Gasteiger partial charge in [-0.05, 0) is 46.7 Å². The molecule has 0 radical (unpaired) electrons. The van der Waals surface area contributed by atoms with Gasteiger partial charge in [0.25, 0.3) is 0 Å². The third kappa shape index (κ3) is 4.10. The summed E-state index contributed by atoms with van der Waals surface area (Å²) >= 11 is 0. The van der Waals surface area contributed by atoms with Crippen molar-refractivity contribution in [2.45, 2.75) is 50.7 Å². The summed E-state index contributed by atoms with van der Waals surface area (Å²) in [4.78, 5) is 14.1. The fourth-order valence-corrected chi connectivity index (χ4v) is 2.59. The monoisotopic (exact) mass is 253 g/mol. The quantitative estimate of drug-likeness (QED) is 0.698. The van der Waals surface area contributed by atoms with Crippen molar-refractivity contribution < 1.29 is 4.79 Å². The Hall–Kier alpha value is -0.870. The normalized spacial score (nSPS) is 25.8. The van der Waals surface area contributed by atoms with Gasteiger partial charge in [-0.3, -0.25) is 9.69 Å². The molecule has 4 heteroatoms. The van der Waals surface area contributed by atoms with Crippen LogP contribution in [0.2, 0.25) is 0 Å². The molecule has 2 N–H and O–H groups in total. The van der Waals surface area contributed by atoms with Gasteiger partial charge in [0, 0.05) is 18.6 Å². The third-order valence-corrected chi connectivity index (χ3v) is 4.09. The second-order valence-corrected chi connectivity index (χ2v) is 5.17. The lowest BCUT2D eigenvalue weighted by Gasteiger charge is -2.37. The highest BCUT2D eigenvalue weighted by Gasteiger charge is 2.28. The van der Waals surface area contributed by atoms with E-state index in [1.807, 2.05) is 14.0 Å². The number of amides is 1. The average molecular weight is 253 g/mol. The molecule has 1 amide bonds. The summed E-state index contributed by atoms with van der Waals surface area (Å²) in [5.41, 5.74) is 0. The molecule has 0 spiro atoms. The minimum absolute atomic E-state index is 0.0684. The van der Waals surface area contributed by atoms with E-state index in [4.69, 9.17) is 0 Å². The zero-order valence-electron chi connectivity index (χ0n) is 11.9. The largest absolute Gasteiger partial charge is 0.351 e. The summed E-state index contributed by atoms with van der Waals surface area (Å²) < 4.78 is 0. The highest BCUT2D eigenvalue weighted by atomic mass is 16.2. The molecule has 0 aromatic heterocycles. The first-order chi connectivity index (χ1) is 8.60. The Labute approximate surface area is 111 Å². The lowest BCUT2D eigenvalue weighted by atomic mass is 9.90. The van der Waals surface area contributed by atoms with Crippen LogP contribution in [0.15, 0.2) is 12.7 Å². The van der Waals surface area contributed by atoms with Crippen LogP contribution in [0, 0.1) is 0 Å². The van der Waals surface area contributed by atoms with Gasteiger partial charge in [0.2, 0.25) is 5.91 Å². The van der Waals surface area contributed by atoms with Crippen molar-refractivity contribution in [1.82, 2.24) is 15.5 Å². The number of carbonyl (C=O) groups excluding carboxylic acids is 1. The van der Waals surface area contributed by atoms with Crippen LogP contribution in [0.4, 0.5) is 0 Å². The number of likely N-dealkylation sites (N-methyl/N-ethyl adjacent to an activating group) is 1. The maximum absolute atomic E-state index is 11.9. The molecule has 0 heterocycles. The van der Waals surface area contributed by atoms with E-state index >= 15 is 0 Å². The van der Waals surface area contributed by atoms with Crippen molar-refractivity contribution in [2.24, 2.45) is 0 Å². The molecule has 0 aromatic carbocycles. The van der Waals surface area contributed by atoms with E-state index in [2.05, 4.69) is 29.2 Å². The number of carbonyl (C=O) groups is 1. The van der Waals surface area contributed by atoms with Gasteiger partial charge in [-0.1, -0.05) is 6.08 Å². The van der Waals surface area contributed by atoms with E-state index in [9.17, 15) is 4.79 Å². The highest BCUT2D eigenvalue weighted by Crippen LogP contribution is 2.23. The van der Waals surface area contributed by atoms with E-state index in [0.29, 0.717) is 18.6 Å². The minimum Gasteiger partial charge on any atom is -0.351 e. The number of hydrogen-bond acceptors (Lipinski definition) is 3. The summed E-state index contributed by atoms with van der Waals surface area (Å²) in [5.74, 6) is 0.0909. The second-order valence-electron chi connectivity index (χ2n) is 5.17. The van der Waals surface area contributed by atoms with Gasteiger partial charge in [0.1, 0.15) is 0 Å². The van der Waals surface area contributed by atoms with Crippen LogP contribution in [-0.2, 0) is 4.79 Å². The van der Waals surface area contributed by atoms with Crippen LogP contribution in [0.3, 0.4) is 0 Å². The molecule has 1 aliphatic rings. The Morgan fingerprint density at radius 3 is 2.56 bits per heavy atom. The molecular formula is C14H27N3O. The fraction of sp³-hybridized carbons (Fsp3) is 0.786. The lowest BCUT2D eigenvalue weighted by molar-refractivity contribution is -0.126. The Kier molecular flexibility index (Phi) is 6.36. The first-order valence-corrected chi connectivity index (χ1v) is 6.88. The molecule has 1 atom stereocenters. The van der Waals surface area contributed by atoms with E-state index in [0.717, 1.165) is 0 Å². The van der Waals surface area contributed by atoms with E-state index in [1.165, 1.54) is 25.7 Å². The molecule has 1 rings (SSSR count). The van der Waals surface area contributed by atoms with Crippen LogP contribution in [0.1, 0.15) is 32.6 Å². The van der Waals surface area contributed by atoms with Crippen molar-refractivity contribution in [1.29, 1.82) is 0 Å². The van der Waals surface area contributed by atoms with Crippen LogP contribution < -0.4 is 10.6 Å². The first kappa shape index (κ1) is 15.2. The van der Waals surface area contributed by atoms with Crippen LogP contribution in [0.25, 0.3) is 0 Å². The van der Waals surface area contributed by atoms with Gasteiger partial charge in [0.15, 0.2) is 0 Å². The van der Waals surface area contributed by atoms with Gasteiger partial charge in [-0.25, -0.2) is 0 Å². The molecule has 0 bridgehead atoms. The highest BCUT2D eigenvalue weighted by molar-refractivity contribution is 5.81. The minimum atomic E-state index is -0.0684. The second kappa shape index (κ2) is 7.54. The number of nitrogens with zero attached hydrogens (tertiary/aromatic N) is 1. The molecular weight excluding hydrogens is 226 g/mol. The zero-order chi connectivity index (χ0) is 13.5. The topological polar surface area (TPSA) is 44.4 Å². The van der Waals surface area contributed by atoms with Crippen molar-refractivity contribution in [3.05, 3.63) is 12.7 Å². The van der Waals surface area contributed by atoms with E-state index < -0.39 is 0 Å². The smallest absolute Gasteiger partial charge is 0.237 e. The van der Waals surface area contributed by atoms with Crippen LogP contribution in [-0.4, -0.2) is 49.6 Å². The molecule has 1 fully saturated rings. The van der Waals surface area contributed by atoms with Gasteiger partial charge in [-0.2, -0.15) is 0 Å². The van der Waals surface area contributed by atoms with Crippen molar-refractivity contribution >= 4 is 5.91 Å². The molecule has 1 saturated carbocycles. The molecule has 1 aliphatic carbocycles. The maximum Gasteiger partial charge on any atom is 0.237 e. The Balaban J connectivity index is 2.41. The van der Waals surface area contributed by atoms with Gasteiger partial charge < -0.3 is 10.6 Å². The summed E-state index contributed by atoms with van der Waals surface area (Å²) in [5, 5.41) is 6.20. The zero-order valence-corrected chi connectivity index (χ0v) is 11.9. The lowest BCUT2D eigenvalue weighted by Crippen LogP contribution is -2.49. The molecule has 0 aliphatic heterocycles. The first-order valence-electron chi connectivity index (χ1n) is 6.88. The summed E-state index contributed by atoms with van der Waals surface area (Å²) in [6, 6.07) is 1.11. The van der Waals surface area contributed by atoms with Crippen LogP contribution in [0.5, 0.6) is 0 Å². The maximum atomic E-state index is 11.9.